The lowest BCUT2D eigenvalue weighted by Crippen LogP contribution is -2.29. The first kappa shape index (κ1) is 14.1. The van der Waals surface area contributed by atoms with Crippen molar-refractivity contribution < 1.29 is 4.79 Å². The van der Waals surface area contributed by atoms with E-state index in [0.29, 0.717) is 12.2 Å². The Kier molecular flexibility index (Phi) is 4.74. The minimum Gasteiger partial charge on any atom is -0.399 e. The predicted octanol–water partition coefficient (Wildman–Crippen LogP) is 2.34. The number of rotatable bonds is 5. The number of benzene rings is 2. The Labute approximate surface area is 119 Å². The molecule has 0 bridgehead atoms. The van der Waals surface area contributed by atoms with Crippen molar-refractivity contribution in [3.05, 3.63) is 60.2 Å². The van der Waals surface area contributed by atoms with Gasteiger partial charge in [0.15, 0.2) is 0 Å². The highest BCUT2D eigenvalue weighted by Crippen LogP contribution is 2.10. The van der Waals surface area contributed by atoms with E-state index in [-0.39, 0.29) is 5.91 Å². The Morgan fingerprint density at radius 1 is 1.10 bits per heavy atom. The van der Waals surface area contributed by atoms with Gasteiger partial charge >= 0.3 is 0 Å². The van der Waals surface area contributed by atoms with Gasteiger partial charge < -0.3 is 11.1 Å². The van der Waals surface area contributed by atoms with Crippen LogP contribution in [0.15, 0.2) is 54.6 Å². The molecule has 2 aromatic carbocycles. The summed E-state index contributed by atoms with van der Waals surface area (Å²) in [5.74, 6) is -0.0341. The molecular formula is C16H19N3O. The first-order valence-corrected chi connectivity index (χ1v) is 6.51. The van der Waals surface area contributed by atoms with Gasteiger partial charge in [-0.15, -0.1) is 0 Å². The quantitative estimate of drug-likeness (QED) is 0.819. The molecule has 0 unspecified atom stereocenters. The van der Waals surface area contributed by atoms with Crippen LogP contribution in [0.2, 0.25) is 0 Å². The van der Waals surface area contributed by atoms with Gasteiger partial charge in [-0.05, 0) is 36.9 Å². The van der Waals surface area contributed by atoms with Gasteiger partial charge in [-0.2, -0.15) is 0 Å². The number of nitrogens with one attached hydrogen (secondary N) is 1. The van der Waals surface area contributed by atoms with Crippen LogP contribution in [0.5, 0.6) is 0 Å². The van der Waals surface area contributed by atoms with Crippen LogP contribution in [0, 0.1) is 0 Å². The monoisotopic (exact) mass is 269 g/mol. The standard InChI is InChI=1S/C16H19N3O/c1-19(11-13-5-3-2-4-6-13)12-16(20)18-15-9-7-14(17)8-10-15/h2-10H,11-12,17H2,1H3,(H,18,20). The average Bonchev–Trinajstić information content (AvgIpc) is 2.42. The highest BCUT2D eigenvalue weighted by molar-refractivity contribution is 5.92. The Hall–Kier alpha value is -2.33. The topological polar surface area (TPSA) is 58.4 Å². The third kappa shape index (κ3) is 4.40. The van der Waals surface area contributed by atoms with Gasteiger partial charge in [0.25, 0.3) is 0 Å². The zero-order valence-electron chi connectivity index (χ0n) is 11.5. The second kappa shape index (κ2) is 6.73. The highest BCUT2D eigenvalue weighted by Gasteiger charge is 2.07. The molecule has 2 aromatic rings. The van der Waals surface area contributed by atoms with Crippen LogP contribution in [0.3, 0.4) is 0 Å². The van der Waals surface area contributed by atoms with Crippen LogP contribution < -0.4 is 11.1 Å². The molecule has 1 amide bonds. The maximum atomic E-state index is 11.9. The number of carbonyl (C=O) groups is 1. The Morgan fingerprint density at radius 3 is 2.40 bits per heavy atom. The van der Waals surface area contributed by atoms with Gasteiger partial charge in [0, 0.05) is 17.9 Å². The summed E-state index contributed by atoms with van der Waals surface area (Å²) in [5.41, 5.74) is 8.24. The summed E-state index contributed by atoms with van der Waals surface area (Å²) in [5, 5.41) is 2.85. The molecule has 0 atom stereocenters. The Morgan fingerprint density at radius 2 is 1.75 bits per heavy atom. The van der Waals surface area contributed by atoms with E-state index in [1.165, 1.54) is 5.56 Å². The molecule has 0 aromatic heterocycles. The molecule has 0 radical (unpaired) electrons. The summed E-state index contributed by atoms with van der Waals surface area (Å²) in [7, 11) is 1.93. The molecule has 0 saturated heterocycles. The molecule has 4 heteroatoms. The van der Waals surface area contributed by atoms with Crippen LogP contribution in [0.4, 0.5) is 11.4 Å². The molecule has 4 nitrogen and oxygen atoms in total. The number of anilines is 2. The number of likely N-dealkylation sites (N-methyl/N-ethyl adjacent to an activating group) is 1. The van der Waals surface area contributed by atoms with Crippen molar-refractivity contribution in [3.8, 4) is 0 Å². The molecule has 0 aliphatic carbocycles. The third-order valence-electron chi connectivity index (χ3n) is 2.90. The lowest BCUT2D eigenvalue weighted by molar-refractivity contribution is -0.117. The number of amides is 1. The van der Waals surface area contributed by atoms with Crippen LogP contribution in [-0.4, -0.2) is 24.4 Å². The van der Waals surface area contributed by atoms with Crippen LogP contribution >= 0.6 is 0 Å². The van der Waals surface area contributed by atoms with Crippen LogP contribution in [-0.2, 0) is 11.3 Å². The van der Waals surface area contributed by atoms with E-state index >= 15 is 0 Å². The van der Waals surface area contributed by atoms with E-state index in [9.17, 15) is 4.79 Å². The number of nitrogen functional groups attached to an aromatic ring is 1. The van der Waals surface area contributed by atoms with Gasteiger partial charge in [-0.25, -0.2) is 0 Å². The van der Waals surface area contributed by atoms with E-state index < -0.39 is 0 Å². The smallest absolute Gasteiger partial charge is 0.238 e. The molecule has 0 saturated carbocycles. The normalized spacial score (nSPS) is 10.5. The van der Waals surface area contributed by atoms with E-state index in [1.807, 2.05) is 42.3 Å². The minimum absolute atomic E-state index is 0.0341. The van der Waals surface area contributed by atoms with Crippen LogP contribution in [0.25, 0.3) is 0 Å². The zero-order valence-corrected chi connectivity index (χ0v) is 11.5. The molecule has 0 fully saturated rings. The molecule has 104 valence electrons. The Balaban J connectivity index is 1.83. The summed E-state index contributed by atoms with van der Waals surface area (Å²) in [6.45, 7) is 1.09. The fourth-order valence-electron chi connectivity index (χ4n) is 1.96. The zero-order chi connectivity index (χ0) is 14.4. The summed E-state index contributed by atoms with van der Waals surface area (Å²) < 4.78 is 0. The Bertz CT molecular complexity index is 552. The summed E-state index contributed by atoms with van der Waals surface area (Å²) in [4.78, 5) is 13.9. The van der Waals surface area contributed by atoms with E-state index in [0.717, 1.165) is 12.2 Å². The van der Waals surface area contributed by atoms with Crippen LogP contribution in [0.1, 0.15) is 5.56 Å². The number of hydrogen-bond donors (Lipinski definition) is 2. The lowest BCUT2D eigenvalue weighted by Gasteiger charge is -2.16. The van der Waals surface area contributed by atoms with E-state index in [1.54, 1.807) is 24.3 Å². The molecule has 0 heterocycles. The number of carbonyl (C=O) groups excluding carboxylic acids is 1. The molecule has 20 heavy (non-hydrogen) atoms. The maximum Gasteiger partial charge on any atom is 0.238 e. The van der Waals surface area contributed by atoms with Crippen molar-refractivity contribution in [2.75, 3.05) is 24.6 Å². The predicted molar refractivity (Wildman–Crippen MR) is 82.3 cm³/mol. The number of hydrogen-bond acceptors (Lipinski definition) is 3. The lowest BCUT2D eigenvalue weighted by atomic mass is 10.2. The van der Waals surface area contributed by atoms with Gasteiger partial charge in [0.1, 0.15) is 0 Å². The van der Waals surface area contributed by atoms with Gasteiger partial charge in [0.05, 0.1) is 6.54 Å². The van der Waals surface area contributed by atoms with Crippen molar-refractivity contribution in [3.63, 3.8) is 0 Å². The second-order valence-electron chi connectivity index (χ2n) is 4.83. The summed E-state index contributed by atoms with van der Waals surface area (Å²) in [6.07, 6.45) is 0. The fourth-order valence-corrected chi connectivity index (χ4v) is 1.96. The molecule has 0 aliphatic rings. The highest BCUT2D eigenvalue weighted by atomic mass is 16.2. The largest absolute Gasteiger partial charge is 0.399 e. The van der Waals surface area contributed by atoms with Crippen molar-refractivity contribution in [2.45, 2.75) is 6.54 Å². The van der Waals surface area contributed by atoms with E-state index in [4.69, 9.17) is 5.73 Å². The molecular weight excluding hydrogens is 250 g/mol. The van der Waals surface area contributed by atoms with Gasteiger partial charge in [-0.3, -0.25) is 9.69 Å². The summed E-state index contributed by atoms with van der Waals surface area (Å²) in [6, 6.07) is 17.2. The third-order valence-corrected chi connectivity index (χ3v) is 2.90. The first-order chi connectivity index (χ1) is 9.63. The number of nitrogens with two attached hydrogens (primary N) is 1. The molecule has 3 N–H and O–H groups in total. The molecule has 0 spiro atoms. The molecule has 0 aliphatic heterocycles. The van der Waals surface area contributed by atoms with Crippen molar-refractivity contribution >= 4 is 17.3 Å². The first-order valence-electron chi connectivity index (χ1n) is 6.51. The van der Waals surface area contributed by atoms with Gasteiger partial charge in [0.2, 0.25) is 5.91 Å². The van der Waals surface area contributed by atoms with Crippen molar-refractivity contribution in [1.29, 1.82) is 0 Å². The summed E-state index contributed by atoms with van der Waals surface area (Å²) >= 11 is 0. The fraction of sp³-hybridized carbons (Fsp3) is 0.188. The van der Waals surface area contributed by atoms with Crippen molar-refractivity contribution in [1.82, 2.24) is 4.90 Å². The number of nitrogens with zero attached hydrogens (tertiary/aromatic N) is 1. The average molecular weight is 269 g/mol. The van der Waals surface area contributed by atoms with Gasteiger partial charge in [-0.1, -0.05) is 30.3 Å². The minimum atomic E-state index is -0.0341. The van der Waals surface area contributed by atoms with Crippen molar-refractivity contribution in [2.24, 2.45) is 0 Å². The van der Waals surface area contributed by atoms with E-state index in [2.05, 4.69) is 5.32 Å². The molecule has 2 rings (SSSR count). The maximum absolute atomic E-state index is 11.9. The second-order valence-corrected chi connectivity index (χ2v) is 4.83. The SMILES string of the molecule is CN(CC(=O)Nc1ccc(N)cc1)Cc1ccccc1.